The number of nitrogens with zero attached hydrogens (tertiary/aromatic N) is 3. The molecule has 2 heterocycles. The van der Waals surface area contributed by atoms with Crippen LogP contribution >= 0.6 is 0 Å². The van der Waals surface area contributed by atoms with Gasteiger partial charge in [-0.15, -0.1) is 0 Å². The monoisotopic (exact) mass is 342 g/mol. The van der Waals surface area contributed by atoms with Crippen molar-refractivity contribution in [1.82, 2.24) is 20.0 Å². The van der Waals surface area contributed by atoms with Gasteiger partial charge in [0.15, 0.2) is 6.73 Å². The van der Waals surface area contributed by atoms with Crippen LogP contribution in [-0.2, 0) is 6.73 Å². The molecule has 0 spiro atoms. The Balaban J connectivity index is 1.54. The molecule has 1 amide bonds. The summed E-state index contributed by atoms with van der Waals surface area (Å²) in [6, 6.07) is 8.03. The average molecular weight is 342 g/mol. The Kier molecular flexibility index (Phi) is 5.38. The summed E-state index contributed by atoms with van der Waals surface area (Å²) in [7, 11) is 2.11. The highest BCUT2D eigenvalue weighted by Gasteiger charge is 2.20. The van der Waals surface area contributed by atoms with Crippen molar-refractivity contribution in [3.63, 3.8) is 0 Å². The van der Waals surface area contributed by atoms with E-state index in [1.54, 1.807) is 16.9 Å². The Hall–Kier alpha value is -2.34. The zero-order chi connectivity index (χ0) is 17.8. The molecule has 6 heteroatoms. The average Bonchev–Trinajstić information content (AvgIpc) is 3.05. The van der Waals surface area contributed by atoms with E-state index in [2.05, 4.69) is 35.4 Å². The topological polar surface area (TPSA) is 59.4 Å². The maximum atomic E-state index is 12.3. The molecular formula is C19H26N4O2. The number of hydrogen-bond donors (Lipinski definition) is 1. The second kappa shape index (κ2) is 7.70. The normalized spacial score (nSPS) is 16.0. The van der Waals surface area contributed by atoms with Crippen LogP contribution in [0.2, 0.25) is 0 Å². The van der Waals surface area contributed by atoms with Gasteiger partial charge in [-0.05, 0) is 64.5 Å². The van der Waals surface area contributed by atoms with Gasteiger partial charge in [0.05, 0.1) is 0 Å². The van der Waals surface area contributed by atoms with Crippen LogP contribution in [0.3, 0.4) is 0 Å². The molecule has 0 aliphatic carbocycles. The number of hydrogen-bond acceptors (Lipinski definition) is 4. The number of piperidine rings is 1. The number of rotatable bonds is 5. The first-order chi connectivity index (χ1) is 12.0. The Morgan fingerprint density at radius 2 is 2.04 bits per heavy atom. The van der Waals surface area contributed by atoms with Crippen LogP contribution in [0.4, 0.5) is 0 Å². The molecule has 1 N–H and O–H groups in total. The van der Waals surface area contributed by atoms with Gasteiger partial charge in [0.2, 0.25) is 0 Å². The minimum absolute atomic E-state index is 0.111. The van der Waals surface area contributed by atoms with Crippen molar-refractivity contribution in [1.29, 1.82) is 0 Å². The van der Waals surface area contributed by atoms with Gasteiger partial charge in [0.1, 0.15) is 11.4 Å². The maximum Gasteiger partial charge on any atom is 0.271 e. The van der Waals surface area contributed by atoms with Crippen LogP contribution in [0, 0.1) is 13.8 Å². The summed E-state index contributed by atoms with van der Waals surface area (Å²) in [5, 5.41) is 7.40. The highest BCUT2D eigenvalue weighted by Crippen LogP contribution is 2.19. The summed E-state index contributed by atoms with van der Waals surface area (Å²) in [5.74, 6) is 0.721. The molecule has 1 aromatic heterocycles. The van der Waals surface area contributed by atoms with Crippen molar-refractivity contribution in [3.05, 3.63) is 47.3 Å². The van der Waals surface area contributed by atoms with E-state index < -0.39 is 0 Å². The van der Waals surface area contributed by atoms with Crippen molar-refractivity contribution < 1.29 is 9.53 Å². The fourth-order valence-corrected chi connectivity index (χ4v) is 3.06. The second-order valence-corrected chi connectivity index (χ2v) is 6.83. The zero-order valence-corrected chi connectivity index (χ0v) is 15.2. The summed E-state index contributed by atoms with van der Waals surface area (Å²) >= 11 is 0. The van der Waals surface area contributed by atoms with Crippen LogP contribution in [0.15, 0.2) is 30.5 Å². The molecule has 0 bridgehead atoms. The molecule has 6 nitrogen and oxygen atoms in total. The molecule has 1 aliphatic heterocycles. The predicted octanol–water partition coefficient (Wildman–Crippen LogP) is 2.36. The number of carbonyl (C=O) groups is 1. The van der Waals surface area contributed by atoms with Crippen molar-refractivity contribution >= 4 is 5.91 Å². The van der Waals surface area contributed by atoms with E-state index in [-0.39, 0.29) is 18.7 Å². The van der Waals surface area contributed by atoms with Crippen LogP contribution < -0.4 is 10.1 Å². The van der Waals surface area contributed by atoms with Gasteiger partial charge in [-0.25, -0.2) is 4.68 Å². The first-order valence-corrected chi connectivity index (χ1v) is 8.74. The third-order valence-electron chi connectivity index (χ3n) is 4.61. The fourth-order valence-electron chi connectivity index (χ4n) is 3.06. The van der Waals surface area contributed by atoms with Gasteiger partial charge in [-0.2, -0.15) is 5.10 Å². The number of benzene rings is 1. The molecule has 3 rings (SSSR count). The number of aromatic nitrogens is 2. The lowest BCUT2D eigenvalue weighted by Crippen LogP contribution is -2.43. The molecule has 0 unspecified atom stereocenters. The summed E-state index contributed by atoms with van der Waals surface area (Å²) in [5.41, 5.74) is 2.73. The number of likely N-dealkylation sites (tertiary alicyclic amines) is 1. The van der Waals surface area contributed by atoms with Crippen LogP contribution in [0.5, 0.6) is 5.75 Å². The minimum atomic E-state index is -0.111. The van der Waals surface area contributed by atoms with Gasteiger partial charge < -0.3 is 15.0 Å². The molecule has 25 heavy (non-hydrogen) atoms. The standard InChI is InChI=1S/C19H26N4O2/c1-14-4-5-18(15(2)12-14)25-13-23-11-8-17(21-23)19(24)20-16-6-9-22(3)10-7-16/h4-5,8,11-12,16H,6-7,9-10,13H2,1-3H3,(H,20,24). The first-order valence-electron chi connectivity index (χ1n) is 8.74. The number of aryl methyl sites for hydroxylation is 2. The minimum Gasteiger partial charge on any atom is -0.471 e. The maximum absolute atomic E-state index is 12.3. The smallest absolute Gasteiger partial charge is 0.271 e. The van der Waals surface area contributed by atoms with E-state index in [9.17, 15) is 4.79 Å². The Labute approximate surface area is 148 Å². The Morgan fingerprint density at radius 3 is 2.76 bits per heavy atom. The van der Waals surface area contributed by atoms with E-state index in [0.29, 0.717) is 5.69 Å². The first kappa shape index (κ1) is 17.5. The molecule has 0 atom stereocenters. The molecule has 0 radical (unpaired) electrons. The van der Waals surface area contributed by atoms with Crippen molar-refractivity contribution in [3.8, 4) is 5.75 Å². The quantitative estimate of drug-likeness (QED) is 0.906. The lowest BCUT2D eigenvalue weighted by atomic mass is 10.1. The van der Waals surface area contributed by atoms with E-state index in [1.165, 1.54) is 5.56 Å². The summed E-state index contributed by atoms with van der Waals surface area (Å²) in [4.78, 5) is 14.6. The highest BCUT2D eigenvalue weighted by molar-refractivity contribution is 5.92. The van der Waals surface area contributed by atoms with Gasteiger partial charge in [0.25, 0.3) is 5.91 Å². The third kappa shape index (κ3) is 4.60. The third-order valence-corrected chi connectivity index (χ3v) is 4.61. The summed E-state index contributed by atoms with van der Waals surface area (Å²) in [6.45, 7) is 6.39. The van der Waals surface area contributed by atoms with Gasteiger partial charge >= 0.3 is 0 Å². The summed E-state index contributed by atoms with van der Waals surface area (Å²) < 4.78 is 7.44. The SMILES string of the molecule is Cc1ccc(OCn2ccc(C(=O)NC3CCN(C)CC3)n2)c(C)c1. The molecule has 1 aromatic carbocycles. The Morgan fingerprint density at radius 1 is 1.28 bits per heavy atom. The largest absolute Gasteiger partial charge is 0.471 e. The predicted molar refractivity (Wildman–Crippen MR) is 96.8 cm³/mol. The van der Waals surface area contributed by atoms with Gasteiger partial charge in [0, 0.05) is 12.2 Å². The van der Waals surface area contributed by atoms with Gasteiger partial charge in [-0.3, -0.25) is 4.79 Å². The lowest BCUT2D eigenvalue weighted by molar-refractivity contribution is 0.0909. The molecule has 134 valence electrons. The molecule has 0 saturated carbocycles. The van der Waals surface area contributed by atoms with Crippen LogP contribution in [0.1, 0.15) is 34.5 Å². The van der Waals surface area contributed by atoms with Crippen molar-refractivity contribution in [2.75, 3.05) is 20.1 Å². The molecule has 1 saturated heterocycles. The highest BCUT2D eigenvalue weighted by atomic mass is 16.5. The number of ether oxygens (including phenoxy) is 1. The number of amides is 1. The van der Waals surface area contributed by atoms with Crippen LogP contribution in [0.25, 0.3) is 0 Å². The lowest BCUT2D eigenvalue weighted by Gasteiger charge is -2.29. The van der Waals surface area contributed by atoms with Crippen LogP contribution in [-0.4, -0.2) is 46.8 Å². The molecular weight excluding hydrogens is 316 g/mol. The van der Waals surface area contributed by atoms with E-state index >= 15 is 0 Å². The van der Waals surface area contributed by atoms with Crippen molar-refractivity contribution in [2.24, 2.45) is 0 Å². The number of nitrogens with one attached hydrogen (secondary N) is 1. The summed E-state index contributed by atoms with van der Waals surface area (Å²) in [6.07, 6.45) is 3.74. The van der Waals surface area contributed by atoms with E-state index in [1.807, 2.05) is 19.1 Å². The Bertz CT molecular complexity index is 733. The molecule has 1 aliphatic rings. The second-order valence-electron chi connectivity index (χ2n) is 6.83. The van der Waals surface area contributed by atoms with Gasteiger partial charge in [-0.1, -0.05) is 17.7 Å². The van der Waals surface area contributed by atoms with E-state index in [4.69, 9.17) is 4.74 Å². The number of carbonyl (C=O) groups excluding carboxylic acids is 1. The zero-order valence-electron chi connectivity index (χ0n) is 15.2. The molecule has 1 fully saturated rings. The van der Waals surface area contributed by atoms with Crippen molar-refractivity contribution in [2.45, 2.75) is 39.5 Å². The fraction of sp³-hybridized carbons (Fsp3) is 0.474. The molecule has 2 aromatic rings. The van der Waals surface area contributed by atoms with E-state index in [0.717, 1.165) is 37.2 Å².